The first-order chi connectivity index (χ1) is 18.5. The average Bonchev–Trinajstić information content (AvgIpc) is 3.27. The first-order valence-electron chi connectivity index (χ1n) is 11.4. The number of Topliss-reactive ketones (excluding diaryl/α,β-unsaturated/α-hetero) is 1. The number of aromatic hydroxyl groups is 3. The zero-order valence-electron chi connectivity index (χ0n) is 20.1. The average molecular weight is 557 g/mol. The van der Waals surface area contributed by atoms with Gasteiger partial charge in [-0.2, -0.15) is 0 Å². The van der Waals surface area contributed by atoms with Crippen molar-refractivity contribution in [3.8, 4) is 28.7 Å². The molecule has 0 radical (unpaired) electrons. The molecule has 200 valence electrons. The van der Waals surface area contributed by atoms with Crippen LogP contribution < -0.4 is 15.1 Å². The van der Waals surface area contributed by atoms with Gasteiger partial charge in [0.2, 0.25) is 11.5 Å². The maximum absolute atomic E-state index is 12.8. The molecule has 0 saturated carbocycles. The van der Waals surface area contributed by atoms with Crippen molar-refractivity contribution in [3.63, 3.8) is 0 Å². The third-order valence-electron chi connectivity index (χ3n) is 6.92. The maximum atomic E-state index is 12.8. The Hall–Kier alpha value is -4.71. The van der Waals surface area contributed by atoms with Crippen LogP contribution in [0.25, 0.3) is 10.8 Å². The molecule has 2 aromatic carbocycles. The molecule has 2 aliphatic heterocycles. The van der Waals surface area contributed by atoms with Gasteiger partial charge in [0.05, 0.1) is 37.1 Å². The number of ether oxygens (including phenoxy) is 4. The fraction of sp³-hybridized carbons (Fsp3) is 0.231. The number of carbonyl (C=O) groups excluding carboxylic acids is 3. The van der Waals surface area contributed by atoms with E-state index in [0.29, 0.717) is 0 Å². The number of allylic oxidation sites excluding steroid dienone is 2. The number of esters is 1. The molecular formula is C26H17ClO12. The zero-order chi connectivity index (χ0) is 28.0. The minimum Gasteiger partial charge on any atom is -0.507 e. The third kappa shape index (κ3) is 3.31. The Morgan fingerprint density at radius 3 is 2.44 bits per heavy atom. The lowest BCUT2D eigenvalue weighted by Gasteiger charge is -2.37. The van der Waals surface area contributed by atoms with Gasteiger partial charge in [-0.1, -0.05) is 0 Å². The molecule has 2 unspecified atom stereocenters. The van der Waals surface area contributed by atoms with Crippen LogP contribution in [0.1, 0.15) is 54.2 Å². The molecule has 39 heavy (non-hydrogen) atoms. The Balaban J connectivity index is 1.47. The highest BCUT2D eigenvalue weighted by Gasteiger charge is 2.52. The number of alkyl halides is 1. The Kier molecular flexibility index (Phi) is 5.14. The fourth-order valence-electron chi connectivity index (χ4n) is 5.17. The summed E-state index contributed by atoms with van der Waals surface area (Å²) >= 11 is 6.67. The van der Waals surface area contributed by atoms with E-state index in [2.05, 4.69) is 4.74 Å². The smallest absolute Gasteiger partial charge is 0.374 e. The topological polar surface area (TPSA) is 179 Å². The molecule has 3 aromatic rings. The summed E-state index contributed by atoms with van der Waals surface area (Å²) in [6.07, 6.45) is 0.580. The summed E-state index contributed by atoms with van der Waals surface area (Å²) in [6, 6.07) is 2.67. The van der Waals surface area contributed by atoms with Crippen molar-refractivity contribution in [2.75, 3.05) is 14.2 Å². The second-order valence-corrected chi connectivity index (χ2v) is 9.65. The summed E-state index contributed by atoms with van der Waals surface area (Å²) in [6.45, 7) is 0. The highest BCUT2D eigenvalue weighted by molar-refractivity contribution is 6.26. The largest absolute Gasteiger partial charge is 0.507 e. The lowest BCUT2D eigenvalue weighted by molar-refractivity contribution is -0.114. The third-order valence-corrected chi connectivity index (χ3v) is 7.31. The van der Waals surface area contributed by atoms with Gasteiger partial charge in [0, 0.05) is 23.6 Å². The summed E-state index contributed by atoms with van der Waals surface area (Å²) in [7, 11) is 2.29. The summed E-state index contributed by atoms with van der Waals surface area (Å²) in [4.78, 5) is 50.0. The molecule has 3 N–H and O–H groups in total. The SMILES string of the molecule is COC(=O)c1cc2cc3c(c(O)c2c(=O)o1)OC1(Cc2c(O)c4c(c(O)c2O1)C(=O)C(OC)=CC4=O)CC3Cl. The van der Waals surface area contributed by atoms with Gasteiger partial charge >= 0.3 is 11.6 Å². The van der Waals surface area contributed by atoms with Gasteiger partial charge in [0.15, 0.2) is 34.5 Å². The number of phenolic OH excluding ortho intramolecular Hbond substituents is 3. The van der Waals surface area contributed by atoms with E-state index in [9.17, 15) is 34.5 Å². The number of fused-ring (bicyclic) bond motifs is 4. The van der Waals surface area contributed by atoms with E-state index in [1.54, 1.807) is 0 Å². The normalized spacial score (nSPS) is 21.0. The Morgan fingerprint density at radius 1 is 1.03 bits per heavy atom. The first kappa shape index (κ1) is 24.6. The molecule has 2 atom stereocenters. The van der Waals surface area contributed by atoms with Gasteiger partial charge in [-0.25, -0.2) is 9.59 Å². The van der Waals surface area contributed by atoms with Gasteiger partial charge in [-0.15, -0.1) is 11.6 Å². The van der Waals surface area contributed by atoms with Crippen LogP contribution in [0.15, 0.2) is 33.2 Å². The van der Waals surface area contributed by atoms with Crippen molar-refractivity contribution in [3.05, 3.63) is 62.4 Å². The lowest BCUT2D eigenvalue weighted by atomic mass is 9.87. The van der Waals surface area contributed by atoms with E-state index in [0.717, 1.165) is 13.2 Å². The zero-order valence-corrected chi connectivity index (χ0v) is 20.9. The van der Waals surface area contributed by atoms with Crippen molar-refractivity contribution in [1.29, 1.82) is 0 Å². The van der Waals surface area contributed by atoms with Gasteiger partial charge in [0.1, 0.15) is 11.1 Å². The van der Waals surface area contributed by atoms with Gasteiger partial charge in [-0.3, -0.25) is 9.59 Å². The van der Waals surface area contributed by atoms with E-state index in [1.807, 2.05) is 0 Å². The quantitative estimate of drug-likeness (QED) is 0.239. The highest BCUT2D eigenvalue weighted by Crippen LogP contribution is 2.57. The summed E-state index contributed by atoms with van der Waals surface area (Å²) < 4.78 is 26.5. The summed E-state index contributed by atoms with van der Waals surface area (Å²) in [5.74, 6) is -7.35. The van der Waals surface area contributed by atoms with E-state index in [-0.39, 0.29) is 57.8 Å². The van der Waals surface area contributed by atoms with E-state index < -0.39 is 62.7 Å². The van der Waals surface area contributed by atoms with E-state index >= 15 is 0 Å². The molecule has 1 aliphatic carbocycles. The van der Waals surface area contributed by atoms with E-state index in [1.165, 1.54) is 19.2 Å². The van der Waals surface area contributed by atoms with Crippen LogP contribution in [0.4, 0.5) is 0 Å². The second-order valence-electron chi connectivity index (χ2n) is 9.12. The van der Waals surface area contributed by atoms with Crippen molar-refractivity contribution < 1.29 is 53.1 Å². The molecule has 0 fully saturated rings. The number of benzene rings is 2. The first-order valence-corrected chi connectivity index (χ1v) is 11.8. The summed E-state index contributed by atoms with van der Waals surface area (Å²) in [5.41, 5.74) is -1.69. The second kappa shape index (κ2) is 8.14. The maximum Gasteiger partial charge on any atom is 0.374 e. The van der Waals surface area contributed by atoms with Crippen LogP contribution in [0.3, 0.4) is 0 Å². The Morgan fingerprint density at radius 2 is 1.74 bits per heavy atom. The standard InChI is InChI=1S/C26H17ClO12/c1-35-13-5-12(28)16-17(19(13)30)21(32)23-10(18(16)29)6-26(39-23)7-11(27)9-3-8-4-14(24(33)36-2)37-25(34)15(8)20(31)22(9)38-26/h3-5,11,29,31-32H,6-7H2,1-2H3. The lowest BCUT2D eigenvalue weighted by Crippen LogP contribution is -2.44. The van der Waals surface area contributed by atoms with Crippen LogP contribution >= 0.6 is 11.6 Å². The molecule has 6 rings (SSSR count). The predicted octanol–water partition coefficient (Wildman–Crippen LogP) is 3.00. The number of hydrogen-bond donors (Lipinski definition) is 3. The Bertz CT molecular complexity index is 1770. The van der Waals surface area contributed by atoms with Crippen molar-refractivity contribution >= 4 is 39.9 Å². The molecule has 12 nitrogen and oxygen atoms in total. The monoisotopic (exact) mass is 556 g/mol. The molecule has 1 spiro atoms. The molecule has 0 saturated heterocycles. The number of rotatable bonds is 2. The number of hydrogen-bond acceptors (Lipinski definition) is 12. The molecule has 0 bridgehead atoms. The highest BCUT2D eigenvalue weighted by atomic mass is 35.5. The minimum absolute atomic E-state index is 0.0171. The van der Waals surface area contributed by atoms with Crippen LogP contribution in [0, 0.1) is 0 Å². The Labute approximate surface area is 222 Å². The molecule has 3 heterocycles. The van der Waals surface area contributed by atoms with Crippen LogP contribution in [0.2, 0.25) is 0 Å². The molecule has 1 aromatic heterocycles. The molecule has 0 amide bonds. The van der Waals surface area contributed by atoms with Gasteiger partial charge < -0.3 is 38.7 Å². The van der Waals surface area contributed by atoms with Gasteiger partial charge in [-0.05, 0) is 17.5 Å². The van der Waals surface area contributed by atoms with Crippen LogP contribution in [0.5, 0.6) is 28.7 Å². The molecule has 3 aliphatic rings. The van der Waals surface area contributed by atoms with Gasteiger partial charge in [0.25, 0.3) is 5.79 Å². The fourth-order valence-corrected chi connectivity index (χ4v) is 5.57. The summed E-state index contributed by atoms with van der Waals surface area (Å²) in [5, 5.41) is 31.9. The predicted molar refractivity (Wildman–Crippen MR) is 130 cm³/mol. The number of methoxy groups -OCH3 is 2. The minimum atomic E-state index is -1.71. The number of carbonyl (C=O) groups is 3. The number of phenols is 3. The molecular weight excluding hydrogens is 540 g/mol. The van der Waals surface area contributed by atoms with Crippen molar-refractivity contribution in [2.24, 2.45) is 0 Å². The van der Waals surface area contributed by atoms with E-state index in [4.69, 9.17) is 30.2 Å². The van der Waals surface area contributed by atoms with Crippen LogP contribution in [-0.2, 0) is 15.9 Å². The number of halogens is 1. The van der Waals surface area contributed by atoms with Crippen LogP contribution in [-0.4, -0.2) is 52.9 Å². The number of ketones is 2. The van der Waals surface area contributed by atoms with Crippen molar-refractivity contribution in [2.45, 2.75) is 24.0 Å². The molecule has 13 heteroatoms. The van der Waals surface area contributed by atoms with Crippen molar-refractivity contribution in [1.82, 2.24) is 0 Å².